The minimum Gasteiger partial charge on any atom is -0.339 e. The third-order valence-electron chi connectivity index (χ3n) is 3.32. The van der Waals surface area contributed by atoms with Crippen LogP contribution in [-0.4, -0.2) is 23.2 Å². The Labute approximate surface area is 103 Å². The number of hydrogen-bond donors (Lipinski definition) is 1. The SMILES string of the molecule is CC(C)CCc1noc(CC2CCCNC2)n1. The molecule has 17 heavy (non-hydrogen) atoms. The summed E-state index contributed by atoms with van der Waals surface area (Å²) >= 11 is 0. The van der Waals surface area contributed by atoms with Crippen molar-refractivity contribution in [3.8, 4) is 0 Å². The predicted molar refractivity (Wildman–Crippen MR) is 66.8 cm³/mol. The van der Waals surface area contributed by atoms with Gasteiger partial charge in [-0.2, -0.15) is 4.98 Å². The van der Waals surface area contributed by atoms with Gasteiger partial charge in [0.2, 0.25) is 5.89 Å². The van der Waals surface area contributed by atoms with Gasteiger partial charge < -0.3 is 9.84 Å². The van der Waals surface area contributed by atoms with E-state index < -0.39 is 0 Å². The maximum atomic E-state index is 5.31. The molecule has 0 saturated carbocycles. The van der Waals surface area contributed by atoms with Crippen molar-refractivity contribution in [1.82, 2.24) is 15.5 Å². The summed E-state index contributed by atoms with van der Waals surface area (Å²) in [7, 11) is 0. The average molecular weight is 237 g/mol. The molecule has 0 amide bonds. The Bertz CT molecular complexity index is 329. The van der Waals surface area contributed by atoms with Crippen LogP contribution in [0.15, 0.2) is 4.52 Å². The van der Waals surface area contributed by atoms with Gasteiger partial charge in [-0.1, -0.05) is 19.0 Å². The quantitative estimate of drug-likeness (QED) is 0.853. The first-order chi connectivity index (χ1) is 8.24. The van der Waals surface area contributed by atoms with Gasteiger partial charge in [0.15, 0.2) is 5.82 Å². The second kappa shape index (κ2) is 6.15. The van der Waals surface area contributed by atoms with E-state index in [-0.39, 0.29) is 0 Å². The van der Waals surface area contributed by atoms with Crippen molar-refractivity contribution in [2.24, 2.45) is 11.8 Å². The van der Waals surface area contributed by atoms with Gasteiger partial charge in [-0.05, 0) is 44.2 Å². The molecule has 1 aliphatic heterocycles. The van der Waals surface area contributed by atoms with Gasteiger partial charge in [-0.3, -0.25) is 0 Å². The summed E-state index contributed by atoms with van der Waals surface area (Å²) in [5.74, 6) is 3.05. The summed E-state index contributed by atoms with van der Waals surface area (Å²) in [6, 6.07) is 0. The second-order valence-corrected chi connectivity index (χ2v) is 5.45. The molecule has 0 bridgehead atoms. The van der Waals surface area contributed by atoms with Crippen LogP contribution in [0.25, 0.3) is 0 Å². The number of piperidine rings is 1. The summed E-state index contributed by atoms with van der Waals surface area (Å²) in [6.45, 7) is 6.67. The molecule has 0 aliphatic carbocycles. The Balaban J connectivity index is 1.80. The molecule has 0 aromatic carbocycles. The van der Waals surface area contributed by atoms with E-state index in [4.69, 9.17) is 4.52 Å². The lowest BCUT2D eigenvalue weighted by molar-refractivity contribution is 0.314. The molecule has 4 nitrogen and oxygen atoms in total. The van der Waals surface area contributed by atoms with Gasteiger partial charge in [-0.25, -0.2) is 0 Å². The normalized spacial score (nSPS) is 21.0. The van der Waals surface area contributed by atoms with E-state index in [0.29, 0.717) is 11.8 Å². The van der Waals surface area contributed by atoms with Gasteiger partial charge in [-0.15, -0.1) is 0 Å². The Morgan fingerprint density at radius 1 is 1.47 bits per heavy atom. The number of rotatable bonds is 5. The molecule has 4 heteroatoms. The van der Waals surface area contributed by atoms with Crippen molar-refractivity contribution in [3.63, 3.8) is 0 Å². The fraction of sp³-hybridized carbons (Fsp3) is 0.846. The Morgan fingerprint density at radius 2 is 2.35 bits per heavy atom. The minimum atomic E-state index is 0.669. The highest BCUT2D eigenvalue weighted by Crippen LogP contribution is 2.15. The first kappa shape index (κ1) is 12.6. The van der Waals surface area contributed by atoms with E-state index in [9.17, 15) is 0 Å². The molecule has 1 N–H and O–H groups in total. The molecule has 1 unspecified atom stereocenters. The van der Waals surface area contributed by atoms with Crippen molar-refractivity contribution in [2.45, 2.75) is 46.0 Å². The molecule has 1 aromatic heterocycles. The second-order valence-electron chi connectivity index (χ2n) is 5.45. The lowest BCUT2D eigenvalue weighted by Gasteiger charge is -2.20. The molecule has 1 saturated heterocycles. The lowest BCUT2D eigenvalue weighted by Crippen LogP contribution is -2.30. The minimum absolute atomic E-state index is 0.669. The number of nitrogens with zero attached hydrogens (tertiary/aromatic N) is 2. The molecule has 1 aromatic rings. The highest BCUT2D eigenvalue weighted by atomic mass is 16.5. The average Bonchev–Trinajstić information content (AvgIpc) is 2.75. The van der Waals surface area contributed by atoms with E-state index in [1.54, 1.807) is 0 Å². The fourth-order valence-corrected chi connectivity index (χ4v) is 2.24. The van der Waals surface area contributed by atoms with Gasteiger partial charge in [0, 0.05) is 12.8 Å². The summed E-state index contributed by atoms with van der Waals surface area (Å²) in [6.07, 6.45) is 5.53. The molecule has 2 rings (SSSR count). The monoisotopic (exact) mass is 237 g/mol. The van der Waals surface area contributed by atoms with Crippen LogP contribution >= 0.6 is 0 Å². The topological polar surface area (TPSA) is 51.0 Å². The van der Waals surface area contributed by atoms with Crippen molar-refractivity contribution in [3.05, 3.63) is 11.7 Å². The first-order valence-electron chi connectivity index (χ1n) is 6.76. The third kappa shape index (κ3) is 4.11. The molecule has 96 valence electrons. The molecule has 0 spiro atoms. The van der Waals surface area contributed by atoms with Crippen LogP contribution in [0.5, 0.6) is 0 Å². The Hall–Kier alpha value is -0.900. The molecular weight excluding hydrogens is 214 g/mol. The van der Waals surface area contributed by atoms with Gasteiger partial charge in [0.25, 0.3) is 0 Å². The van der Waals surface area contributed by atoms with Gasteiger partial charge in [0.1, 0.15) is 0 Å². The number of nitrogens with one attached hydrogen (secondary N) is 1. The number of aromatic nitrogens is 2. The van der Waals surface area contributed by atoms with E-state index >= 15 is 0 Å². The van der Waals surface area contributed by atoms with Gasteiger partial charge >= 0.3 is 0 Å². The van der Waals surface area contributed by atoms with E-state index in [2.05, 4.69) is 29.3 Å². The molecular formula is C13H23N3O. The van der Waals surface area contributed by atoms with Crippen molar-refractivity contribution < 1.29 is 4.52 Å². The van der Waals surface area contributed by atoms with Crippen LogP contribution in [0, 0.1) is 11.8 Å². The Kier molecular flexibility index (Phi) is 4.54. The summed E-state index contributed by atoms with van der Waals surface area (Å²) in [4.78, 5) is 4.47. The maximum Gasteiger partial charge on any atom is 0.226 e. The van der Waals surface area contributed by atoms with E-state index in [1.807, 2.05) is 0 Å². The Morgan fingerprint density at radius 3 is 3.06 bits per heavy atom. The van der Waals surface area contributed by atoms with Gasteiger partial charge in [0.05, 0.1) is 0 Å². The zero-order valence-electron chi connectivity index (χ0n) is 10.9. The number of hydrogen-bond acceptors (Lipinski definition) is 4. The summed E-state index contributed by atoms with van der Waals surface area (Å²) < 4.78 is 5.31. The van der Waals surface area contributed by atoms with Crippen LogP contribution in [-0.2, 0) is 12.8 Å². The predicted octanol–water partition coefficient (Wildman–Crippen LogP) is 2.20. The van der Waals surface area contributed by atoms with Crippen molar-refractivity contribution >= 4 is 0 Å². The van der Waals surface area contributed by atoms with Crippen LogP contribution in [0.1, 0.15) is 44.8 Å². The first-order valence-corrected chi connectivity index (χ1v) is 6.76. The standard InChI is InChI=1S/C13H23N3O/c1-10(2)5-6-12-15-13(17-16-12)8-11-4-3-7-14-9-11/h10-11,14H,3-9H2,1-2H3. The molecule has 1 aliphatic rings. The molecule has 1 atom stereocenters. The highest BCUT2D eigenvalue weighted by molar-refractivity contribution is 4.89. The van der Waals surface area contributed by atoms with E-state index in [0.717, 1.165) is 44.1 Å². The zero-order valence-corrected chi connectivity index (χ0v) is 10.9. The smallest absolute Gasteiger partial charge is 0.226 e. The van der Waals surface area contributed by atoms with Crippen LogP contribution < -0.4 is 5.32 Å². The van der Waals surface area contributed by atoms with E-state index in [1.165, 1.54) is 12.8 Å². The van der Waals surface area contributed by atoms with Crippen LogP contribution in [0.3, 0.4) is 0 Å². The summed E-state index contributed by atoms with van der Waals surface area (Å²) in [5, 5.41) is 7.46. The lowest BCUT2D eigenvalue weighted by atomic mass is 9.96. The largest absolute Gasteiger partial charge is 0.339 e. The van der Waals surface area contributed by atoms with Crippen molar-refractivity contribution in [1.29, 1.82) is 0 Å². The highest BCUT2D eigenvalue weighted by Gasteiger charge is 2.17. The molecule has 2 heterocycles. The van der Waals surface area contributed by atoms with Crippen LogP contribution in [0.2, 0.25) is 0 Å². The molecule has 1 fully saturated rings. The maximum absolute atomic E-state index is 5.31. The van der Waals surface area contributed by atoms with Crippen molar-refractivity contribution in [2.75, 3.05) is 13.1 Å². The van der Waals surface area contributed by atoms with Crippen LogP contribution in [0.4, 0.5) is 0 Å². The zero-order chi connectivity index (χ0) is 12.1. The number of aryl methyl sites for hydroxylation is 1. The summed E-state index contributed by atoms with van der Waals surface area (Å²) in [5.41, 5.74) is 0. The fourth-order valence-electron chi connectivity index (χ4n) is 2.24. The molecule has 0 radical (unpaired) electrons. The third-order valence-corrected chi connectivity index (χ3v) is 3.32.